The highest BCUT2D eigenvalue weighted by Crippen LogP contribution is 2.25. The number of carbonyl (C=O) groups excluding carboxylic acids is 10. The molecule has 0 bridgehead atoms. The lowest BCUT2D eigenvalue weighted by atomic mass is 9.94. The van der Waals surface area contributed by atoms with Crippen LogP contribution in [0.1, 0.15) is 80.1 Å². The summed E-state index contributed by atoms with van der Waals surface area (Å²) in [6.07, 6.45) is -3.17. The van der Waals surface area contributed by atoms with Crippen LogP contribution in [0.15, 0.2) is 0 Å². The monoisotopic (exact) mass is 937 g/mol. The maximum atomic E-state index is 15.2. The first kappa shape index (κ1) is 57.5. The number of amides is 5. The molecule has 24 nitrogen and oxygen atoms in total. The standard InChI is InChI=1S/C42H76N14O10/c1-22(2)16-26(20-57)51-35(44)40(65)55-14-12-54(39(64)33(55)34(61)28(43)10-9-11-50-42(46)47)30(19-32(60)25(6)49-8)38(63)56-15-13-53(29(36(45)62)18-31(59)24(5)48-7)41(66)37(56)52-27(21-58)17-23(3)4/h20-30,33,35,37,42,48-52H,9-19,43-44,46-47H2,1-8H3,(H2,45,62)/t24-,25-,26-,27-,28-,29?,30?,33?,35?,37?/m0/s1. The first-order valence-electron chi connectivity index (χ1n) is 22.6. The van der Waals surface area contributed by atoms with E-state index in [2.05, 4.69) is 26.6 Å². The van der Waals surface area contributed by atoms with Crippen molar-refractivity contribution in [3.63, 3.8) is 0 Å². The van der Waals surface area contributed by atoms with E-state index in [9.17, 15) is 43.2 Å². The van der Waals surface area contributed by atoms with Crippen molar-refractivity contribution < 1.29 is 47.9 Å². The fourth-order valence-electron chi connectivity index (χ4n) is 7.92. The van der Waals surface area contributed by atoms with Gasteiger partial charge in [0.25, 0.3) is 17.7 Å². The van der Waals surface area contributed by atoms with Crippen LogP contribution in [0.4, 0.5) is 0 Å². The van der Waals surface area contributed by atoms with E-state index in [4.69, 9.17) is 28.7 Å². The lowest BCUT2D eigenvalue weighted by molar-refractivity contribution is -0.167. The largest absolute Gasteiger partial charge is 0.368 e. The van der Waals surface area contributed by atoms with Crippen molar-refractivity contribution in [2.75, 3.05) is 46.8 Å². The Labute approximate surface area is 387 Å². The molecule has 15 N–H and O–H groups in total. The number of piperazine rings is 2. The van der Waals surface area contributed by atoms with Gasteiger partial charge in [-0.25, -0.2) is 0 Å². The number of likely N-dealkylation sites (N-methyl/N-ethyl adjacent to an activating group) is 2. The number of nitrogens with two attached hydrogens (primary N) is 5. The number of hydrogen-bond donors (Lipinski definition) is 10. The van der Waals surface area contributed by atoms with E-state index in [1.54, 1.807) is 14.0 Å². The van der Waals surface area contributed by atoms with Gasteiger partial charge in [-0.3, -0.25) is 54.3 Å². The minimum Gasteiger partial charge on any atom is -0.368 e. The molecule has 0 radical (unpaired) electrons. The summed E-state index contributed by atoms with van der Waals surface area (Å²) in [6, 6.07) is -9.80. The highest BCUT2D eigenvalue weighted by molar-refractivity contribution is 6.12. The SMILES string of the molecule is CN[C@@H](C)C(=O)CC(C(N)=O)N1CCN(C(=O)C(CC(=O)[C@H](C)NC)N2CCN(C(=O)C(N)N[C@H](C=O)CC(C)C)C(C(=O)[C@@H](N)CCCNC(N)N)C2=O)C(N[C@H](C=O)CC(C)C)C1=O. The van der Waals surface area contributed by atoms with Gasteiger partial charge in [0, 0.05) is 39.0 Å². The zero-order valence-electron chi connectivity index (χ0n) is 39.7. The van der Waals surface area contributed by atoms with E-state index in [1.165, 1.54) is 14.0 Å². The minimum absolute atomic E-state index is 0.0105. The Morgan fingerprint density at radius 2 is 1.20 bits per heavy atom. The summed E-state index contributed by atoms with van der Waals surface area (Å²) in [5, 5.41) is 14.1. The molecular formula is C42H76N14O10. The number of Topliss-reactive ketones (excluding diaryl/α,β-unsaturated/α-hetero) is 3. The molecule has 0 aromatic heterocycles. The lowest BCUT2D eigenvalue weighted by Crippen LogP contribution is -2.72. The molecule has 0 saturated carbocycles. The number of nitrogens with zero attached hydrogens (tertiary/aromatic N) is 4. The zero-order chi connectivity index (χ0) is 50.2. The summed E-state index contributed by atoms with van der Waals surface area (Å²) in [5.41, 5.74) is 29.6. The van der Waals surface area contributed by atoms with Crippen LogP contribution in [0.5, 0.6) is 0 Å². The van der Waals surface area contributed by atoms with Crippen LogP contribution < -0.4 is 55.3 Å². The van der Waals surface area contributed by atoms with E-state index in [-0.39, 0.29) is 57.3 Å². The van der Waals surface area contributed by atoms with E-state index in [0.29, 0.717) is 19.0 Å². The van der Waals surface area contributed by atoms with Crippen LogP contribution >= 0.6 is 0 Å². The first-order valence-corrected chi connectivity index (χ1v) is 22.6. The van der Waals surface area contributed by atoms with Crippen molar-refractivity contribution in [1.29, 1.82) is 0 Å². The Morgan fingerprint density at radius 1 is 0.697 bits per heavy atom. The predicted octanol–water partition coefficient (Wildman–Crippen LogP) is -5.46. The van der Waals surface area contributed by atoms with Gasteiger partial charge in [-0.1, -0.05) is 27.7 Å². The van der Waals surface area contributed by atoms with Crippen LogP contribution in [0, 0.1) is 11.8 Å². The van der Waals surface area contributed by atoms with Gasteiger partial charge in [-0.2, -0.15) is 0 Å². The maximum Gasteiger partial charge on any atom is 0.261 e. The molecule has 66 heavy (non-hydrogen) atoms. The highest BCUT2D eigenvalue weighted by Gasteiger charge is 2.51. The molecule has 5 amide bonds. The molecule has 2 rings (SSSR count). The van der Waals surface area contributed by atoms with Crippen LogP contribution in [-0.2, 0) is 47.9 Å². The third-order valence-corrected chi connectivity index (χ3v) is 11.9. The Kier molecular flexibility index (Phi) is 23.7. The van der Waals surface area contributed by atoms with Crippen molar-refractivity contribution >= 4 is 59.5 Å². The van der Waals surface area contributed by atoms with Crippen molar-refractivity contribution in [3.8, 4) is 0 Å². The van der Waals surface area contributed by atoms with Crippen molar-refractivity contribution in [3.05, 3.63) is 0 Å². The average Bonchev–Trinajstić information content (AvgIpc) is 3.26. The number of hydrogen-bond acceptors (Lipinski definition) is 19. The fourth-order valence-corrected chi connectivity index (χ4v) is 7.92. The predicted molar refractivity (Wildman–Crippen MR) is 243 cm³/mol. The van der Waals surface area contributed by atoms with Gasteiger partial charge in [-0.05, 0) is 72.0 Å². The number of primary amides is 1. The fraction of sp³-hybridized carbons (Fsp3) is 0.762. The van der Waals surface area contributed by atoms with Gasteiger partial charge in [0.2, 0.25) is 11.8 Å². The van der Waals surface area contributed by atoms with Crippen LogP contribution in [0.25, 0.3) is 0 Å². The Bertz CT molecular complexity index is 1720. The lowest BCUT2D eigenvalue weighted by Gasteiger charge is -2.47. The Balaban J connectivity index is 2.76. The molecule has 10 atom stereocenters. The highest BCUT2D eigenvalue weighted by atomic mass is 16.2. The van der Waals surface area contributed by atoms with Gasteiger partial charge in [0.1, 0.15) is 37.1 Å². The van der Waals surface area contributed by atoms with Gasteiger partial charge in [0.05, 0.1) is 30.2 Å². The summed E-state index contributed by atoms with van der Waals surface area (Å²) in [4.78, 5) is 141. The smallest absolute Gasteiger partial charge is 0.261 e. The van der Waals surface area contributed by atoms with E-state index in [0.717, 1.165) is 19.6 Å². The van der Waals surface area contributed by atoms with E-state index in [1.807, 2.05) is 27.7 Å². The topological polar surface area (TPSA) is 374 Å². The normalized spacial score (nSPS) is 20.7. The number of rotatable bonds is 30. The maximum absolute atomic E-state index is 15.2. The van der Waals surface area contributed by atoms with Crippen molar-refractivity contribution in [2.24, 2.45) is 40.5 Å². The first-order chi connectivity index (χ1) is 30.9. The van der Waals surface area contributed by atoms with Crippen LogP contribution in [-0.4, -0.2) is 193 Å². The quantitative estimate of drug-likeness (QED) is 0.0139. The molecule has 2 aliphatic rings. The molecule has 0 aromatic rings. The molecule has 2 saturated heterocycles. The number of ketones is 3. The summed E-state index contributed by atoms with van der Waals surface area (Å²) >= 11 is 0. The van der Waals surface area contributed by atoms with Gasteiger partial charge in [0.15, 0.2) is 29.6 Å². The molecule has 5 unspecified atom stereocenters. The molecular weight excluding hydrogens is 861 g/mol. The minimum atomic E-state index is -1.95. The molecule has 374 valence electrons. The van der Waals surface area contributed by atoms with E-state index >= 15 is 4.79 Å². The molecule has 0 aliphatic carbocycles. The number of carbonyl (C=O) groups is 10. The van der Waals surface area contributed by atoms with E-state index < -0.39 is 133 Å². The van der Waals surface area contributed by atoms with Crippen molar-refractivity contribution in [2.45, 2.75) is 147 Å². The summed E-state index contributed by atoms with van der Waals surface area (Å²) in [6.45, 7) is 9.33. The second-order valence-electron chi connectivity index (χ2n) is 17.9. The van der Waals surface area contributed by atoms with Gasteiger partial charge in [-0.15, -0.1) is 0 Å². The average molecular weight is 937 g/mol. The second-order valence-corrected chi connectivity index (χ2v) is 17.9. The molecule has 2 aliphatic heterocycles. The molecule has 2 fully saturated rings. The Morgan fingerprint density at radius 3 is 1.68 bits per heavy atom. The summed E-state index contributed by atoms with van der Waals surface area (Å²) < 4.78 is 0. The number of nitrogens with one attached hydrogen (secondary N) is 5. The molecule has 0 spiro atoms. The number of aldehydes is 2. The van der Waals surface area contributed by atoms with Crippen LogP contribution in [0.3, 0.4) is 0 Å². The second kappa shape index (κ2) is 27.2. The third-order valence-electron chi connectivity index (χ3n) is 11.9. The van der Waals surface area contributed by atoms with Gasteiger partial charge >= 0.3 is 0 Å². The van der Waals surface area contributed by atoms with Crippen molar-refractivity contribution in [1.82, 2.24) is 46.2 Å². The third kappa shape index (κ3) is 16.0. The Hall–Kier alpha value is -4.66. The molecule has 0 aromatic carbocycles. The molecule has 2 heterocycles. The molecule has 24 heteroatoms. The van der Waals surface area contributed by atoms with Gasteiger partial charge < -0.3 is 68.5 Å². The summed E-state index contributed by atoms with van der Waals surface area (Å²) in [5.74, 6) is -6.68. The van der Waals surface area contributed by atoms with Crippen LogP contribution in [0.2, 0.25) is 0 Å². The zero-order valence-corrected chi connectivity index (χ0v) is 39.7. The summed E-state index contributed by atoms with van der Waals surface area (Å²) in [7, 11) is 3.06.